The molecule has 3 heterocycles. The van der Waals surface area contributed by atoms with E-state index in [1.54, 1.807) is 6.20 Å². The molecule has 3 aromatic rings. The van der Waals surface area contributed by atoms with Gasteiger partial charge in [-0.25, -0.2) is 4.68 Å². The number of rotatable bonds is 5. The van der Waals surface area contributed by atoms with Crippen molar-refractivity contribution in [3.63, 3.8) is 0 Å². The summed E-state index contributed by atoms with van der Waals surface area (Å²) >= 11 is 0. The molecule has 1 aliphatic carbocycles. The Balaban J connectivity index is 1.19. The van der Waals surface area contributed by atoms with E-state index in [1.165, 1.54) is 43.2 Å². The van der Waals surface area contributed by atoms with Gasteiger partial charge in [-0.15, -0.1) is 0 Å². The Morgan fingerprint density at radius 3 is 2.11 bits per heavy atom. The highest BCUT2D eigenvalue weighted by molar-refractivity contribution is 5.99. The number of benzene rings is 2. The second-order valence-electron chi connectivity index (χ2n) is 12.0. The first-order chi connectivity index (χ1) is 18.5. The Morgan fingerprint density at radius 1 is 0.895 bits per heavy atom. The minimum atomic E-state index is -0.0987. The van der Waals surface area contributed by atoms with Crippen LogP contribution in [0.4, 0.5) is 5.82 Å². The Bertz CT molecular complexity index is 1180. The zero-order valence-corrected chi connectivity index (χ0v) is 22.9. The lowest BCUT2D eigenvalue weighted by Crippen LogP contribution is -2.50. The summed E-state index contributed by atoms with van der Waals surface area (Å²) in [6.07, 6.45) is 9.44. The van der Waals surface area contributed by atoms with Gasteiger partial charge in [0, 0.05) is 32.2 Å². The fourth-order valence-corrected chi connectivity index (χ4v) is 7.01. The molecule has 0 radical (unpaired) electrons. The fraction of sp³-hybridized carbons (Fsp3) is 0.500. The van der Waals surface area contributed by atoms with Crippen molar-refractivity contribution < 1.29 is 4.79 Å². The maximum absolute atomic E-state index is 13.9. The lowest BCUT2D eigenvalue weighted by Gasteiger charge is -2.43. The molecule has 6 heteroatoms. The van der Waals surface area contributed by atoms with Crippen LogP contribution in [0.3, 0.4) is 0 Å². The van der Waals surface area contributed by atoms with Crippen LogP contribution in [0.2, 0.25) is 0 Å². The zero-order chi connectivity index (χ0) is 26.1. The third kappa shape index (κ3) is 4.86. The molecule has 1 N–H and O–H groups in total. The van der Waals surface area contributed by atoms with Crippen LogP contribution in [0.1, 0.15) is 79.9 Å². The van der Waals surface area contributed by atoms with Crippen LogP contribution < -0.4 is 5.32 Å². The topological polar surface area (TPSA) is 53.4 Å². The molecular formula is C32H41N5O. The summed E-state index contributed by atoms with van der Waals surface area (Å²) in [5.74, 6) is 1.72. The van der Waals surface area contributed by atoms with E-state index in [0.29, 0.717) is 12.0 Å². The number of amides is 1. The van der Waals surface area contributed by atoms with Gasteiger partial charge in [0.2, 0.25) is 0 Å². The number of fused-ring (bicyclic) bond motifs is 1. The van der Waals surface area contributed by atoms with Crippen LogP contribution in [0.15, 0.2) is 66.9 Å². The molecule has 1 atom stereocenters. The number of aromatic nitrogens is 2. The number of nitrogens with one attached hydrogen (secondary N) is 1. The number of nitrogens with zero attached hydrogens (tertiary/aromatic N) is 4. The molecule has 1 amide bonds. The third-order valence-corrected chi connectivity index (χ3v) is 9.03. The van der Waals surface area contributed by atoms with E-state index in [9.17, 15) is 4.79 Å². The lowest BCUT2D eigenvalue weighted by molar-refractivity contribution is 0.0597. The van der Waals surface area contributed by atoms with E-state index < -0.39 is 0 Å². The molecule has 2 fully saturated rings. The van der Waals surface area contributed by atoms with Gasteiger partial charge in [0.1, 0.15) is 11.4 Å². The van der Waals surface area contributed by atoms with E-state index >= 15 is 0 Å². The highest BCUT2D eigenvalue weighted by Crippen LogP contribution is 2.40. The zero-order valence-electron chi connectivity index (χ0n) is 22.9. The smallest absolute Gasteiger partial charge is 0.259 e. The molecule has 6 rings (SSSR count). The predicted octanol–water partition coefficient (Wildman–Crippen LogP) is 5.93. The first-order valence-corrected chi connectivity index (χ1v) is 14.5. The lowest BCUT2D eigenvalue weighted by atomic mass is 9.78. The molecule has 38 heavy (non-hydrogen) atoms. The summed E-state index contributed by atoms with van der Waals surface area (Å²) in [5, 5.41) is 8.53. The van der Waals surface area contributed by atoms with Crippen LogP contribution in [0, 0.1) is 5.92 Å². The SMILES string of the molecule is CC1(C)CC(C2CCCCC2)Nc2c(C(=O)N3CCN(C(c4ccccc4)c4ccccc4)CC3)cnn21. The molecule has 0 bridgehead atoms. The molecule has 200 valence electrons. The number of carbonyl (C=O) groups excluding carboxylic acids is 1. The van der Waals surface area contributed by atoms with Crippen molar-refractivity contribution in [2.45, 2.75) is 70.0 Å². The molecule has 0 spiro atoms. The van der Waals surface area contributed by atoms with Crippen molar-refractivity contribution in [2.24, 2.45) is 5.92 Å². The predicted molar refractivity (Wildman–Crippen MR) is 152 cm³/mol. The Kier molecular flexibility index (Phi) is 7.00. The van der Waals surface area contributed by atoms with E-state index in [0.717, 1.165) is 44.0 Å². The fourth-order valence-electron chi connectivity index (χ4n) is 7.01. The van der Waals surface area contributed by atoms with E-state index in [4.69, 9.17) is 5.10 Å². The third-order valence-electron chi connectivity index (χ3n) is 9.03. The first-order valence-electron chi connectivity index (χ1n) is 14.5. The van der Waals surface area contributed by atoms with Crippen molar-refractivity contribution >= 4 is 11.7 Å². The van der Waals surface area contributed by atoms with Gasteiger partial charge >= 0.3 is 0 Å². The second kappa shape index (κ2) is 10.6. The number of hydrogen-bond donors (Lipinski definition) is 1. The van der Waals surface area contributed by atoms with Crippen molar-refractivity contribution in [3.8, 4) is 0 Å². The van der Waals surface area contributed by atoms with Crippen molar-refractivity contribution in [1.29, 1.82) is 0 Å². The molecular weight excluding hydrogens is 470 g/mol. The van der Waals surface area contributed by atoms with E-state index in [1.807, 2.05) is 4.90 Å². The van der Waals surface area contributed by atoms with E-state index in [2.05, 4.69) is 89.4 Å². The Labute approximate surface area is 227 Å². The Hall–Kier alpha value is -3.12. The summed E-state index contributed by atoms with van der Waals surface area (Å²) in [7, 11) is 0. The number of carbonyl (C=O) groups is 1. The highest BCUT2D eigenvalue weighted by atomic mass is 16.2. The molecule has 6 nitrogen and oxygen atoms in total. The van der Waals surface area contributed by atoms with Crippen LogP contribution >= 0.6 is 0 Å². The van der Waals surface area contributed by atoms with Crippen LogP contribution in [-0.4, -0.2) is 57.7 Å². The van der Waals surface area contributed by atoms with Gasteiger partial charge in [-0.1, -0.05) is 79.9 Å². The van der Waals surface area contributed by atoms with Crippen molar-refractivity contribution in [3.05, 3.63) is 83.6 Å². The van der Waals surface area contributed by atoms with Gasteiger partial charge < -0.3 is 10.2 Å². The van der Waals surface area contributed by atoms with Gasteiger partial charge in [-0.2, -0.15) is 5.10 Å². The summed E-state index contributed by atoms with van der Waals surface area (Å²) in [5.41, 5.74) is 3.22. The maximum Gasteiger partial charge on any atom is 0.259 e. The molecule has 3 aliphatic rings. The average Bonchev–Trinajstić information content (AvgIpc) is 3.40. The summed E-state index contributed by atoms with van der Waals surface area (Å²) in [6.45, 7) is 7.64. The van der Waals surface area contributed by atoms with Gasteiger partial charge in [0.05, 0.1) is 17.8 Å². The van der Waals surface area contributed by atoms with Gasteiger partial charge in [0.25, 0.3) is 5.91 Å². The molecule has 1 saturated heterocycles. The normalized spacial score (nSPS) is 22.2. The second-order valence-corrected chi connectivity index (χ2v) is 12.0. The first kappa shape index (κ1) is 25.2. The van der Waals surface area contributed by atoms with Crippen LogP contribution in [0.5, 0.6) is 0 Å². The Morgan fingerprint density at radius 2 is 1.50 bits per heavy atom. The molecule has 1 saturated carbocycles. The highest BCUT2D eigenvalue weighted by Gasteiger charge is 2.40. The molecule has 2 aromatic carbocycles. The standard InChI is InChI=1S/C32H41N5O/c1-32(2)22-28(24-12-6-3-7-13-24)34-30-27(23-33-37(30)32)31(38)36-20-18-35(19-21-36)29(25-14-8-4-9-15-25)26-16-10-5-11-17-26/h4-5,8-11,14-17,23-24,28-29,34H,3,6-7,12-13,18-22H2,1-2H3. The summed E-state index contributed by atoms with van der Waals surface area (Å²) in [4.78, 5) is 18.4. The largest absolute Gasteiger partial charge is 0.366 e. The monoisotopic (exact) mass is 511 g/mol. The van der Waals surface area contributed by atoms with Crippen molar-refractivity contribution in [2.75, 3.05) is 31.5 Å². The maximum atomic E-state index is 13.9. The number of piperazine rings is 1. The van der Waals surface area contributed by atoms with Crippen LogP contribution in [0.25, 0.3) is 0 Å². The van der Waals surface area contributed by atoms with Gasteiger partial charge in [0.15, 0.2) is 0 Å². The molecule has 1 unspecified atom stereocenters. The number of hydrogen-bond acceptors (Lipinski definition) is 4. The quantitative estimate of drug-likeness (QED) is 0.461. The van der Waals surface area contributed by atoms with Gasteiger partial charge in [-0.05, 0) is 50.2 Å². The van der Waals surface area contributed by atoms with E-state index in [-0.39, 0.29) is 17.5 Å². The van der Waals surface area contributed by atoms with Gasteiger partial charge in [-0.3, -0.25) is 9.69 Å². The molecule has 1 aromatic heterocycles. The average molecular weight is 512 g/mol. The summed E-state index contributed by atoms with van der Waals surface area (Å²) in [6, 6.07) is 22.1. The minimum Gasteiger partial charge on any atom is -0.366 e. The van der Waals surface area contributed by atoms with Crippen molar-refractivity contribution in [1.82, 2.24) is 19.6 Å². The molecule has 2 aliphatic heterocycles. The van der Waals surface area contributed by atoms with Crippen LogP contribution in [-0.2, 0) is 5.54 Å². The minimum absolute atomic E-state index is 0.0987. The number of anilines is 1. The summed E-state index contributed by atoms with van der Waals surface area (Å²) < 4.78 is 2.07.